The molecule has 0 aliphatic carbocycles. The van der Waals surface area contributed by atoms with Crippen LogP contribution in [0.1, 0.15) is 0 Å². The van der Waals surface area contributed by atoms with Crippen molar-refractivity contribution >= 4 is 0 Å². The van der Waals surface area contributed by atoms with E-state index in [1.54, 1.807) is 0 Å². The second kappa shape index (κ2) is 2.69. The van der Waals surface area contributed by atoms with E-state index in [1.807, 2.05) is 6.61 Å². The molecule has 3 nitrogen and oxygen atoms in total. The maximum absolute atomic E-state index is 5.49. The lowest BCUT2D eigenvalue weighted by Gasteiger charge is -2.49. The maximum Gasteiger partial charge on any atom is 0.163 e. The van der Waals surface area contributed by atoms with Crippen molar-refractivity contribution in [1.29, 1.82) is 0 Å². The predicted molar refractivity (Wildman–Crippen MR) is 40.7 cm³/mol. The molecule has 0 aromatic rings. The van der Waals surface area contributed by atoms with E-state index in [9.17, 15) is 0 Å². The lowest BCUT2D eigenvalue weighted by molar-refractivity contribution is -0.284. The molecule has 12 heavy (non-hydrogen) atoms. The lowest BCUT2D eigenvalue weighted by Crippen LogP contribution is -2.53. The highest BCUT2D eigenvalue weighted by molar-refractivity contribution is 5.00. The zero-order valence-electron chi connectivity index (χ0n) is 6.81. The maximum atomic E-state index is 5.49. The number of fused-ring (bicyclic) bond motifs is 2. The first-order valence-electron chi connectivity index (χ1n) is 4.46. The highest BCUT2D eigenvalue weighted by Crippen LogP contribution is 2.42. The van der Waals surface area contributed by atoms with Crippen molar-refractivity contribution in [3.05, 3.63) is 13.0 Å². The third kappa shape index (κ3) is 0.934. The molecule has 4 aliphatic heterocycles. The van der Waals surface area contributed by atoms with Gasteiger partial charge in [0, 0.05) is 11.8 Å². The third-order valence-corrected chi connectivity index (χ3v) is 2.97. The van der Waals surface area contributed by atoms with E-state index in [1.165, 1.54) is 0 Å². The molecule has 66 valence electrons. The van der Waals surface area contributed by atoms with Crippen LogP contribution in [0.4, 0.5) is 0 Å². The Balaban J connectivity index is 1.83. The summed E-state index contributed by atoms with van der Waals surface area (Å²) in [6, 6.07) is 0. The standard InChI is InChI=1S/C9H12O3/c1-2-10-5-8-7(1)6-3-11-9(8)12-4-6/h1,5-9H,2-4H2. The van der Waals surface area contributed by atoms with Gasteiger partial charge in [0.1, 0.15) is 0 Å². The van der Waals surface area contributed by atoms with Gasteiger partial charge >= 0.3 is 0 Å². The number of rotatable bonds is 0. The van der Waals surface area contributed by atoms with Crippen LogP contribution in [0.5, 0.6) is 0 Å². The smallest absolute Gasteiger partial charge is 0.163 e. The minimum absolute atomic E-state index is 0.0449. The summed E-state index contributed by atoms with van der Waals surface area (Å²) in [6.45, 7) is 4.36. The minimum atomic E-state index is -0.0449. The van der Waals surface area contributed by atoms with Crippen molar-refractivity contribution in [1.82, 2.24) is 0 Å². The first-order chi connectivity index (χ1) is 5.95. The van der Waals surface area contributed by atoms with E-state index in [4.69, 9.17) is 14.2 Å². The van der Waals surface area contributed by atoms with E-state index < -0.39 is 0 Å². The molecule has 4 rings (SSSR count). The van der Waals surface area contributed by atoms with Gasteiger partial charge in [-0.25, -0.2) is 0 Å². The fraction of sp³-hybridized carbons (Fsp3) is 0.778. The Morgan fingerprint density at radius 2 is 1.92 bits per heavy atom. The second-order valence-electron chi connectivity index (χ2n) is 3.65. The van der Waals surface area contributed by atoms with Gasteiger partial charge in [-0.3, -0.25) is 0 Å². The Hall–Kier alpha value is -0.120. The summed E-state index contributed by atoms with van der Waals surface area (Å²) in [5, 5.41) is 0. The van der Waals surface area contributed by atoms with Gasteiger partial charge in [0.15, 0.2) is 6.29 Å². The van der Waals surface area contributed by atoms with Gasteiger partial charge in [0.25, 0.3) is 0 Å². The molecule has 0 spiro atoms. The highest BCUT2D eigenvalue weighted by Gasteiger charge is 2.47. The molecular formula is C9H12O3. The first kappa shape index (κ1) is 7.30. The Kier molecular flexibility index (Phi) is 1.63. The van der Waals surface area contributed by atoms with Gasteiger partial charge < -0.3 is 14.2 Å². The Bertz CT molecular complexity index is 155. The second-order valence-corrected chi connectivity index (χ2v) is 3.65. The molecule has 2 bridgehead atoms. The van der Waals surface area contributed by atoms with E-state index in [2.05, 4.69) is 6.42 Å². The van der Waals surface area contributed by atoms with E-state index in [-0.39, 0.29) is 6.29 Å². The molecule has 2 radical (unpaired) electrons. The molecule has 4 heterocycles. The molecule has 2 unspecified atom stereocenters. The van der Waals surface area contributed by atoms with Crippen LogP contribution in [0.3, 0.4) is 0 Å². The van der Waals surface area contributed by atoms with Crippen LogP contribution in [0.15, 0.2) is 0 Å². The molecule has 2 atom stereocenters. The molecule has 0 aromatic heterocycles. The SMILES string of the molecule is [CH]1CO[CH]C2C3OCC(CO3)C12. The topological polar surface area (TPSA) is 27.7 Å². The molecule has 4 saturated heterocycles. The number of ether oxygens (including phenoxy) is 3. The molecule has 0 N–H and O–H groups in total. The van der Waals surface area contributed by atoms with Crippen molar-refractivity contribution in [3.63, 3.8) is 0 Å². The third-order valence-electron chi connectivity index (χ3n) is 2.97. The van der Waals surface area contributed by atoms with Gasteiger partial charge in [-0.2, -0.15) is 0 Å². The van der Waals surface area contributed by atoms with Crippen LogP contribution in [0.2, 0.25) is 0 Å². The zero-order valence-corrected chi connectivity index (χ0v) is 6.81. The van der Waals surface area contributed by atoms with E-state index >= 15 is 0 Å². The summed E-state index contributed by atoms with van der Waals surface area (Å²) in [6.07, 6.45) is 2.21. The van der Waals surface area contributed by atoms with Gasteiger partial charge in [-0.05, 0) is 12.3 Å². The summed E-state index contributed by atoms with van der Waals surface area (Å²) in [7, 11) is 0. The van der Waals surface area contributed by atoms with Crippen molar-refractivity contribution in [2.24, 2.45) is 17.8 Å². The molecule has 4 aliphatic rings. The fourth-order valence-electron chi connectivity index (χ4n) is 2.31. The average molecular weight is 168 g/mol. The molecule has 0 aromatic carbocycles. The summed E-state index contributed by atoms with van der Waals surface area (Å²) >= 11 is 0. The quantitative estimate of drug-likeness (QED) is 0.530. The van der Waals surface area contributed by atoms with Gasteiger partial charge in [0.05, 0.1) is 26.4 Å². The summed E-state index contributed by atoms with van der Waals surface area (Å²) in [5.74, 6) is 1.53. The fourth-order valence-corrected chi connectivity index (χ4v) is 2.31. The normalized spacial score (nSPS) is 52.0. The van der Waals surface area contributed by atoms with Gasteiger partial charge in [-0.1, -0.05) is 0 Å². The van der Waals surface area contributed by atoms with E-state index in [0.717, 1.165) is 19.8 Å². The Labute approximate surface area is 72.0 Å². The minimum Gasteiger partial charge on any atom is -0.375 e. The van der Waals surface area contributed by atoms with Gasteiger partial charge in [0.2, 0.25) is 0 Å². The van der Waals surface area contributed by atoms with Crippen molar-refractivity contribution in [2.45, 2.75) is 6.29 Å². The number of hydrogen-bond donors (Lipinski definition) is 0. The van der Waals surface area contributed by atoms with Crippen molar-refractivity contribution < 1.29 is 14.2 Å². The molecule has 0 amide bonds. The van der Waals surface area contributed by atoms with Crippen LogP contribution in [0, 0.1) is 30.8 Å². The zero-order chi connectivity index (χ0) is 7.97. The van der Waals surface area contributed by atoms with Gasteiger partial charge in [-0.15, -0.1) is 0 Å². The largest absolute Gasteiger partial charge is 0.375 e. The van der Waals surface area contributed by atoms with Crippen molar-refractivity contribution in [2.75, 3.05) is 19.8 Å². The summed E-state index contributed by atoms with van der Waals surface area (Å²) in [4.78, 5) is 0. The number of hydrogen-bond acceptors (Lipinski definition) is 3. The first-order valence-corrected chi connectivity index (χ1v) is 4.46. The molecule has 4 fully saturated rings. The van der Waals surface area contributed by atoms with Crippen LogP contribution in [0.25, 0.3) is 0 Å². The monoisotopic (exact) mass is 168 g/mol. The van der Waals surface area contributed by atoms with Crippen molar-refractivity contribution in [3.8, 4) is 0 Å². The predicted octanol–water partition coefficient (Wildman–Crippen LogP) is 0.618. The van der Waals surface area contributed by atoms with Crippen LogP contribution in [-0.4, -0.2) is 26.1 Å². The highest BCUT2D eigenvalue weighted by atomic mass is 16.7. The Morgan fingerprint density at radius 3 is 2.67 bits per heavy atom. The van der Waals surface area contributed by atoms with E-state index in [0.29, 0.717) is 17.8 Å². The Morgan fingerprint density at radius 1 is 1.08 bits per heavy atom. The molecular weight excluding hydrogens is 156 g/mol. The average Bonchev–Trinajstić information content (AvgIpc) is 2.20. The molecule has 3 heteroatoms. The van der Waals surface area contributed by atoms with Crippen LogP contribution in [-0.2, 0) is 14.2 Å². The summed E-state index contributed by atoms with van der Waals surface area (Å²) in [5.41, 5.74) is 0. The summed E-state index contributed by atoms with van der Waals surface area (Å²) < 4.78 is 16.2. The van der Waals surface area contributed by atoms with Crippen LogP contribution >= 0.6 is 0 Å². The molecule has 0 saturated carbocycles. The van der Waals surface area contributed by atoms with Crippen LogP contribution < -0.4 is 0 Å². The lowest BCUT2D eigenvalue weighted by atomic mass is 9.75.